The molecule has 1 heterocycles. The van der Waals surface area contributed by atoms with E-state index in [1.54, 1.807) is 6.07 Å². The van der Waals surface area contributed by atoms with Crippen molar-refractivity contribution in [2.75, 3.05) is 0 Å². The first kappa shape index (κ1) is 15.2. The molecule has 0 unspecified atom stereocenters. The van der Waals surface area contributed by atoms with Crippen LogP contribution < -0.4 is 9.47 Å². The lowest BCUT2D eigenvalue weighted by Gasteiger charge is -2.09. The molecular formula is C13H9F3O4S. The fourth-order valence-corrected chi connectivity index (χ4v) is 2.22. The molecule has 0 aliphatic heterocycles. The number of carboxylic acids is 1. The van der Waals surface area contributed by atoms with Gasteiger partial charge in [0.15, 0.2) is 0 Å². The second-order valence-electron chi connectivity index (χ2n) is 3.88. The van der Waals surface area contributed by atoms with E-state index in [0.29, 0.717) is 10.6 Å². The van der Waals surface area contributed by atoms with E-state index >= 15 is 0 Å². The van der Waals surface area contributed by atoms with Crippen LogP contribution in [0, 0.1) is 0 Å². The van der Waals surface area contributed by atoms with Gasteiger partial charge in [0.05, 0.1) is 0 Å². The van der Waals surface area contributed by atoms with Crippen LogP contribution in [0.4, 0.5) is 13.2 Å². The summed E-state index contributed by atoms with van der Waals surface area (Å²) in [5, 5.41) is 8.77. The topological polar surface area (TPSA) is 55.8 Å². The average Bonchev–Trinajstić information content (AvgIpc) is 2.85. The number of alkyl halides is 3. The highest BCUT2D eigenvalue weighted by molar-refractivity contribution is 7.13. The molecule has 1 aromatic carbocycles. The Morgan fingerprint density at radius 2 is 1.71 bits per heavy atom. The molecule has 2 rings (SSSR count). The van der Waals surface area contributed by atoms with Gasteiger partial charge in [-0.1, -0.05) is 0 Å². The van der Waals surface area contributed by atoms with Gasteiger partial charge in [0, 0.05) is 4.88 Å². The second kappa shape index (κ2) is 6.04. The van der Waals surface area contributed by atoms with E-state index in [9.17, 15) is 18.0 Å². The van der Waals surface area contributed by atoms with Crippen LogP contribution in [-0.2, 0) is 6.61 Å². The Balaban J connectivity index is 1.92. The maximum absolute atomic E-state index is 12.0. The van der Waals surface area contributed by atoms with E-state index in [2.05, 4.69) is 4.74 Å². The predicted octanol–water partition coefficient (Wildman–Crippen LogP) is 3.92. The summed E-state index contributed by atoms with van der Waals surface area (Å²) in [5.74, 6) is -0.992. The lowest BCUT2D eigenvalue weighted by molar-refractivity contribution is -0.274. The minimum absolute atomic E-state index is 0.136. The van der Waals surface area contributed by atoms with Gasteiger partial charge >= 0.3 is 12.3 Å². The molecule has 0 aliphatic carbocycles. The van der Waals surface area contributed by atoms with E-state index in [1.165, 1.54) is 18.2 Å². The summed E-state index contributed by atoms with van der Waals surface area (Å²) in [4.78, 5) is 11.6. The highest BCUT2D eigenvalue weighted by Crippen LogP contribution is 2.25. The Kier molecular flexibility index (Phi) is 4.37. The number of benzene rings is 1. The Bertz CT molecular complexity index is 619. The molecular weight excluding hydrogens is 309 g/mol. The number of halogens is 3. The van der Waals surface area contributed by atoms with Gasteiger partial charge in [0.1, 0.15) is 23.0 Å². The zero-order valence-corrected chi connectivity index (χ0v) is 11.2. The highest BCUT2D eigenvalue weighted by Gasteiger charge is 2.30. The summed E-state index contributed by atoms with van der Waals surface area (Å²) < 4.78 is 45.0. The first-order valence-electron chi connectivity index (χ1n) is 5.64. The summed E-state index contributed by atoms with van der Waals surface area (Å²) in [5.41, 5.74) is 0. The average molecular weight is 318 g/mol. The normalized spacial score (nSPS) is 11.2. The molecule has 112 valence electrons. The lowest BCUT2D eigenvalue weighted by Crippen LogP contribution is -2.16. The molecule has 1 N–H and O–H groups in total. The Hall–Kier alpha value is -2.22. The Labute approximate surface area is 121 Å². The summed E-state index contributed by atoms with van der Waals surface area (Å²) in [7, 11) is 0. The minimum Gasteiger partial charge on any atom is -0.488 e. The number of rotatable bonds is 5. The number of ether oxygens (including phenoxy) is 2. The molecule has 0 atom stereocenters. The van der Waals surface area contributed by atoms with E-state index in [4.69, 9.17) is 9.84 Å². The zero-order valence-electron chi connectivity index (χ0n) is 10.4. The lowest BCUT2D eigenvalue weighted by atomic mass is 10.3. The first-order chi connectivity index (χ1) is 9.83. The summed E-state index contributed by atoms with van der Waals surface area (Å²) in [6, 6.07) is 8.04. The maximum atomic E-state index is 12.0. The zero-order chi connectivity index (χ0) is 15.5. The fourth-order valence-electron chi connectivity index (χ4n) is 1.46. The molecule has 0 amide bonds. The molecule has 0 saturated carbocycles. The molecule has 0 saturated heterocycles. The smallest absolute Gasteiger partial charge is 0.488 e. The van der Waals surface area contributed by atoms with Gasteiger partial charge in [0.2, 0.25) is 0 Å². The number of hydrogen-bond acceptors (Lipinski definition) is 4. The molecule has 4 nitrogen and oxygen atoms in total. The molecule has 2 aromatic rings. The van der Waals surface area contributed by atoms with Crippen LogP contribution in [0.15, 0.2) is 36.4 Å². The van der Waals surface area contributed by atoms with Crippen molar-refractivity contribution in [3.05, 3.63) is 46.2 Å². The molecule has 0 radical (unpaired) electrons. The molecule has 21 heavy (non-hydrogen) atoms. The van der Waals surface area contributed by atoms with E-state index < -0.39 is 12.3 Å². The first-order valence-corrected chi connectivity index (χ1v) is 6.46. The van der Waals surface area contributed by atoms with Crippen LogP contribution in [0.1, 0.15) is 14.5 Å². The highest BCUT2D eigenvalue weighted by atomic mass is 32.1. The number of hydrogen-bond donors (Lipinski definition) is 1. The monoisotopic (exact) mass is 318 g/mol. The van der Waals surface area contributed by atoms with Gasteiger partial charge in [-0.3, -0.25) is 0 Å². The second-order valence-corrected chi connectivity index (χ2v) is 5.05. The molecule has 0 aliphatic rings. The van der Waals surface area contributed by atoms with Crippen molar-refractivity contribution in [1.29, 1.82) is 0 Å². The molecule has 0 spiro atoms. The van der Waals surface area contributed by atoms with Crippen LogP contribution in [0.2, 0.25) is 0 Å². The quantitative estimate of drug-likeness (QED) is 0.907. The number of thiophene rings is 1. The van der Waals surface area contributed by atoms with Crippen molar-refractivity contribution >= 4 is 17.3 Å². The van der Waals surface area contributed by atoms with Gasteiger partial charge in [-0.05, 0) is 36.4 Å². The molecule has 0 bridgehead atoms. The van der Waals surface area contributed by atoms with Crippen molar-refractivity contribution < 1.29 is 32.5 Å². The van der Waals surface area contributed by atoms with Crippen LogP contribution in [0.25, 0.3) is 0 Å². The van der Waals surface area contributed by atoms with Gasteiger partial charge in [0.25, 0.3) is 0 Å². The van der Waals surface area contributed by atoms with Crippen molar-refractivity contribution in [2.24, 2.45) is 0 Å². The Morgan fingerprint density at radius 1 is 1.10 bits per heavy atom. The largest absolute Gasteiger partial charge is 0.573 e. The van der Waals surface area contributed by atoms with Crippen molar-refractivity contribution in [3.8, 4) is 11.5 Å². The third-order valence-corrected chi connectivity index (χ3v) is 3.36. The minimum atomic E-state index is -4.73. The Morgan fingerprint density at radius 3 is 2.24 bits per heavy atom. The number of carboxylic acid groups (broad SMARTS) is 1. The van der Waals surface area contributed by atoms with Gasteiger partial charge < -0.3 is 14.6 Å². The number of aromatic carboxylic acids is 1. The van der Waals surface area contributed by atoms with Crippen LogP contribution in [0.3, 0.4) is 0 Å². The van der Waals surface area contributed by atoms with Crippen molar-refractivity contribution in [3.63, 3.8) is 0 Å². The van der Waals surface area contributed by atoms with Crippen LogP contribution >= 0.6 is 11.3 Å². The molecule has 8 heteroatoms. The third kappa shape index (κ3) is 4.67. The molecule has 0 fully saturated rings. The SMILES string of the molecule is O=C(O)c1ccc(COc2ccc(OC(F)(F)F)cc2)s1. The van der Waals surface area contributed by atoms with E-state index in [0.717, 1.165) is 23.5 Å². The summed E-state index contributed by atoms with van der Waals surface area (Å²) in [6.45, 7) is 0.136. The van der Waals surface area contributed by atoms with Crippen LogP contribution in [0.5, 0.6) is 11.5 Å². The van der Waals surface area contributed by atoms with E-state index in [1.807, 2.05) is 0 Å². The van der Waals surface area contributed by atoms with Crippen LogP contribution in [-0.4, -0.2) is 17.4 Å². The van der Waals surface area contributed by atoms with Crippen molar-refractivity contribution in [1.82, 2.24) is 0 Å². The maximum Gasteiger partial charge on any atom is 0.573 e. The van der Waals surface area contributed by atoms with Gasteiger partial charge in [-0.25, -0.2) is 4.79 Å². The van der Waals surface area contributed by atoms with E-state index in [-0.39, 0.29) is 17.2 Å². The van der Waals surface area contributed by atoms with Crippen molar-refractivity contribution in [2.45, 2.75) is 13.0 Å². The summed E-state index contributed by atoms with van der Waals surface area (Å²) >= 11 is 1.07. The third-order valence-electron chi connectivity index (χ3n) is 2.31. The fraction of sp³-hybridized carbons (Fsp3) is 0.154. The predicted molar refractivity (Wildman–Crippen MR) is 68.7 cm³/mol. The standard InChI is InChI=1S/C13H9F3O4S/c14-13(15,16)20-9-3-1-8(2-4-9)19-7-10-5-6-11(21-10)12(17)18/h1-6H,7H2,(H,17,18). The van der Waals surface area contributed by atoms with Gasteiger partial charge in [-0.2, -0.15) is 0 Å². The number of carbonyl (C=O) groups is 1. The van der Waals surface area contributed by atoms with Gasteiger partial charge in [-0.15, -0.1) is 24.5 Å². The summed E-state index contributed by atoms with van der Waals surface area (Å²) in [6.07, 6.45) is -4.73. The molecule has 1 aromatic heterocycles.